The molecule has 2 rings (SSSR count). The van der Waals surface area contributed by atoms with Gasteiger partial charge in [0.1, 0.15) is 0 Å². The Kier molecular flexibility index (Phi) is 3.95. The summed E-state index contributed by atoms with van der Waals surface area (Å²) in [7, 11) is 7.59. The zero-order chi connectivity index (χ0) is 12.4. The number of ether oxygens (including phenoxy) is 1. The summed E-state index contributed by atoms with van der Waals surface area (Å²) in [5.41, 5.74) is 1.80. The first-order chi connectivity index (χ1) is 8.19. The van der Waals surface area contributed by atoms with Crippen molar-refractivity contribution in [1.82, 2.24) is 0 Å². The molecule has 1 aromatic rings. The van der Waals surface area contributed by atoms with Crippen molar-refractivity contribution in [2.75, 3.05) is 11.9 Å². The molecule has 1 unspecified atom stereocenters. The minimum atomic E-state index is -0.381. The van der Waals surface area contributed by atoms with E-state index in [9.17, 15) is 4.79 Å². The van der Waals surface area contributed by atoms with E-state index in [-0.39, 0.29) is 27.7 Å². The standard InChI is InChI=1S/C12H13NO2.ClH.Ru/c1-4-10-12(14)13(3)9-7-5-6-8(2)11(9)15-10;;/h2,5-7,10H,4H2,1,3H3;1H;/q;;+1/p-1. The predicted octanol–water partition coefficient (Wildman–Crippen LogP) is 2.21. The van der Waals surface area contributed by atoms with Crippen LogP contribution in [-0.4, -0.2) is 23.7 Å². The molecule has 0 radical (unpaired) electrons. The SMILES string of the molecule is CCC1Oc2c([CH]=[Ru][Cl])cccc2N(C)C1=O. The molecule has 1 aliphatic rings. The zero-order valence-corrected chi connectivity index (χ0v) is 12.1. The van der Waals surface area contributed by atoms with Crippen molar-refractivity contribution in [3.05, 3.63) is 23.8 Å². The number of benzene rings is 1. The Morgan fingerprint density at radius 2 is 2.35 bits per heavy atom. The third-order valence-corrected chi connectivity index (χ3v) is 3.96. The van der Waals surface area contributed by atoms with E-state index in [0.29, 0.717) is 6.42 Å². The average Bonchev–Trinajstić information content (AvgIpc) is 2.34. The molecule has 1 heterocycles. The van der Waals surface area contributed by atoms with Gasteiger partial charge in [-0.2, -0.15) is 0 Å². The van der Waals surface area contributed by atoms with Crippen LogP contribution in [0.2, 0.25) is 0 Å². The van der Waals surface area contributed by atoms with Crippen LogP contribution in [-0.2, 0) is 20.5 Å². The molecule has 0 N–H and O–H groups in total. The number of para-hydroxylation sites is 1. The van der Waals surface area contributed by atoms with E-state index in [4.69, 9.17) is 14.4 Å². The Balaban J connectivity index is 2.52. The van der Waals surface area contributed by atoms with E-state index in [1.54, 1.807) is 11.9 Å². The van der Waals surface area contributed by atoms with Crippen LogP contribution in [0.1, 0.15) is 18.9 Å². The van der Waals surface area contributed by atoms with E-state index in [1.807, 2.05) is 29.7 Å². The van der Waals surface area contributed by atoms with Crippen molar-refractivity contribution in [2.45, 2.75) is 19.4 Å². The van der Waals surface area contributed by atoms with Crippen LogP contribution in [0.5, 0.6) is 5.75 Å². The Morgan fingerprint density at radius 1 is 1.59 bits per heavy atom. The molecule has 0 aromatic heterocycles. The van der Waals surface area contributed by atoms with Crippen molar-refractivity contribution < 1.29 is 25.2 Å². The Labute approximate surface area is 112 Å². The molecule has 93 valence electrons. The molecule has 0 fully saturated rings. The van der Waals surface area contributed by atoms with E-state index < -0.39 is 0 Å². The van der Waals surface area contributed by atoms with E-state index in [0.717, 1.165) is 17.0 Å². The first-order valence-electron chi connectivity index (χ1n) is 5.31. The second-order valence-corrected chi connectivity index (χ2v) is 5.58. The summed E-state index contributed by atoms with van der Waals surface area (Å²) in [6.07, 6.45) is 0.291. The van der Waals surface area contributed by atoms with Gasteiger partial charge < -0.3 is 0 Å². The van der Waals surface area contributed by atoms with Gasteiger partial charge in [0, 0.05) is 0 Å². The van der Waals surface area contributed by atoms with E-state index in [2.05, 4.69) is 0 Å². The van der Waals surface area contributed by atoms with Crippen molar-refractivity contribution >= 4 is 25.9 Å². The number of anilines is 1. The van der Waals surface area contributed by atoms with Crippen LogP contribution in [0.15, 0.2) is 18.2 Å². The monoisotopic (exact) mass is 340 g/mol. The van der Waals surface area contributed by atoms with Crippen molar-refractivity contribution in [3.8, 4) is 5.75 Å². The summed E-state index contributed by atoms with van der Waals surface area (Å²) in [5, 5.41) is 0. The van der Waals surface area contributed by atoms with Gasteiger partial charge in [-0.15, -0.1) is 0 Å². The number of hydrogen-bond acceptors (Lipinski definition) is 2. The summed E-state index contributed by atoms with van der Waals surface area (Å²) >= 11 is -0.307. The van der Waals surface area contributed by atoms with Gasteiger partial charge in [-0.3, -0.25) is 0 Å². The maximum atomic E-state index is 12.0. The number of nitrogens with zero attached hydrogens (tertiary/aromatic N) is 1. The van der Waals surface area contributed by atoms with Gasteiger partial charge in [-0.25, -0.2) is 0 Å². The fourth-order valence-corrected chi connectivity index (χ4v) is 2.93. The molecule has 3 nitrogen and oxygen atoms in total. The maximum absolute atomic E-state index is 12.0. The number of carbonyl (C=O) groups is 1. The molecule has 1 atom stereocenters. The summed E-state index contributed by atoms with van der Waals surface area (Å²) in [4.78, 5) is 13.6. The van der Waals surface area contributed by atoms with Crippen LogP contribution < -0.4 is 9.64 Å². The quantitative estimate of drug-likeness (QED) is 0.773. The van der Waals surface area contributed by atoms with Gasteiger partial charge in [0.2, 0.25) is 0 Å². The first-order valence-corrected chi connectivity index (χ1v) is 8.55. The Morgan fingerprint density at radius 3 is 3.00 bits per heavy atom. The molecule has 1 aliphatic heterocycles. The molecule has 0 saturated heterocycles. The number of likely N-dealkylation sites (N-methyl/N-ethyl adjacent to an activating group) is 1. The van der Waals surface area contributed by atoms with Crippen molar-refractivity contribution in [3.63, 3.8) is 0 Å². The number of hydrogen-bond donors (Lipinski definition) is 0. The molecule has 5 heteroatoms. The minimum absolute atomic E-state index is 0.0101. The Bertz CT molecular complexity index is 476. The summed E-state index contributed by atoms with van der Waals surface area (Å²) in [6, 6.07) is 5.77. The summed E-state index contributed by atoms with van der Waals surface area (Å²) in [6.45, 7) is 1.95. The van der Waals surface area contributed by atoms with Gasteiger partial charge in [0.15, 0.2) is 0 Å². The average molecular weight is 340 g/mol. The molecule has 17 heavy (non-hydrogen) atoms. The van der Waals surface area contributed by atoms with Gasteiger partial charge in [-0.05, 0) is 0 Å². The number of carbonyl (C=O) groups excluding carboxylic acids is 1. The van der Waals surface area contributed by atoms with Gasteiger partial charge >= 0.3 is 112 Å². The first kappa shape index (κ1) is 12.7. The van der Waals surface area contributed by atoms with E-state index >= 15 is 0 Å². The molecule has 0 bridgehead atoms. The second kappa shape index (κ2) is 5.28. The molecular formula is C12H13ClNO2Ru. The molecule has 1 aromatic carbocycles. The summed E-state index contributed by atoms with van der Waals surface area (Å²) in [5.74, 6) is 0.785. The summed E-state index contributed by atoms with van der Waals surface area (Å²) < 4.78 is 7.76. The van der Waals surface area contributed by atoms with Crippen LogP contribution in [0.3, 0.4) is 0 Å². The van der Waals surface area contributed by atoms with Gasteiger partial charge in [0.25, 0.3) is 0 Å². The topological polar surface area (TPSA) is 29.5 Å². The van der Waals surface area contributed by atoms with Crippen LogP contribution in [0.25, 0.3) is 0 Å². The molecule has 1 amide bonds. The van der Waals surface area contributed by atoms with Crippen molar-refractivity contribution in [2.24, 2.45) is 0 Å². The molecule has 0 saturated carbocycles. The third-order valence-electron chi connectivity index (χ3n) is 2.77. The van der Waals surface area contributed by atoms with Gasteiger partial charge in [-0.1, -0.05) is 0 Å². The van der Waals surface area contributed by atoms with Crippen LogP contribution in [0, 0.1) is 0 Å². The van der Waals surface area contributed by atoms with Crippen molar-refractivity contribution in [1.29, 1.82) is 0 Å². The predicted molar refractivity (Wildman–Crippen MR) is 65.6 cm³/mol. The zero-order valence-electron chi connectivity index (χ0n) is 9.59. The molecule has 0 spiro atoms. The number of amides is 1. The van der Waals surface area contributed by atoms with Crippen LogP contribution in [0.4, 0.5) is 5.69 Å². The number of fused-ring (bicyclic) bond motifs is 1. The van der Waals surface area contributed by atoms with Gasteiger partial charge in [0.05, 0.1) is 0 Å². The molecular weight excluding hydrogens is 327 g/mol. The number of halogens is 1. The van der Waals surface area contributed by atoms with Crippen LogP contribution >= 0.6 is 9.69 Å². The normalized spacial score (nSPS) is 19.8. The Hall–Kier alpha value is -0.727. The number of rotatable bonds is 2. The fourth-order valence-electron chi connectivity index (χ4n) is 1.84. The van der Waals surface area contributed by atoms with E-state index in [1.165, 1.54) is 0 Å². The third kappa shape index (κ3) is 2.29. The molecule has 0 aliphatic carbocycles. The second-order valence-electron chi connectivity index (χ2n) is 3.79. The fraction of sp³-hybridized carbons (Fsp3) is 0.333.